The molecule has 0 saturated carbocycles. The zero-order chi connectivity index (χ0) is 17.9. The Kier molecular flexibility index (Phi) is 4.38. The lowest BCUT2D eigenvalue weighted by molar-refractivity contribution is -0.144. The van der Waals surface area contributed by atoms with Crippen molar-refractivity contribution in [3.05, 3.63) is 66.0 Å². The Bertz CT molecular complexity index is 878. The number of anilines is 1. The lowest BCUT2D eigenvalue weighted by Crippen LogP contribution is -2.13. The number of benzene rings is 2. The van der Waals surface area contributed by atoms with Crippen molar-refractivity contribution in [3.63, 3.8) is 0 Å². The summed E-state index contributed by atoms with van der Waals surface area (Å²) >= 11 is 0. The van der Waals surface area contributed by atoms with Gasteiger partial charge in [0.25, 0.3) is 5.91 Å². The second-order valence-electron chi connectivity index (χ2n) is 4.90. The molecule has 3 rings (SSSR count). The van der Waals surface area contributed by atoms with E-state index in [0.717, 1.165) is 0 Å². The number of aromatic amines is 1. The predicted molar refractivity (Wildman–Crippen MR) is 82.3 cm³/mol. The van der Waals surface area contributed by atoms with E-state index in [-0.39, 0.29) is 5.56 Å². The standard InChI is InChI=1S/C16H11F3N4O2/c17-16(18,19)14-21-15(23-22-14)20-13(24)10-5-4-8-12(9-10)25-11-6-2-1-3-7-11/h1-9H,(H2,20,21,22,23,24). The summed E-state index contributed by atoms with van der Waals surface area (Å²) in [6.07, 6.45) is -4.67. The average Bonchev–Trinajstić information content (AvgIpc) is 3.05. The Hall–Kier alpha value is -3.36. The number of H-pyrrole nitrogens is 1. The summed E-state index contributed by atoms with van der Waals surface area (Å²) in [7, 11) is 0. The maximum absolute atomic E-state index is 12.5. The molecule has 0 saturated heterocycles. The molecular weight excluding hydrogens is 337 g/mol. The molecule has 1 amide bonds. The number of alkyl halides is 3. The van der Waals surface area contributed by atoms with Crippen molar-refractivity contribution in [3.8, 4) is 11.5 Å². The molecule has 0 unspecified atom stereocenters. The Morgan fingerprint density at radius 1 is 1.04 bits per heavy atom. The number of rotatable bonds is 4. The van der Waals surface area contributed by atoms with Crippen LogP contribution in [-0.2, 0) is 6.18 Å². The van der Waals surface area contributed by atoms with E-state index in [2.05, 4.69) is 15.4 Å². The van der Waals surface area contributed by atoms with Gasteiger partial charge in [-0.3, -0.25) is 15.2 Å². The maximum atomic E-state index is 12.5. The molecule has 6 nitrogen and oxygen atoms in total. The lowest BCUT2D eigenvalue weighted by atomic mass is 10.2. The van der Waals surface area contributed by atoms with Gasteiger partial charge < -0.3 is 4.74 Å². The first-order valence-electron chi connectivity index (χ1n) is 7.06. The van der Waals surface area contributed by atoms with Gasteiger partial charge >= 0.3 is 6.18 Å². The fraction of sp³-hybridized carbons (Fsp3) is 0.0625. The number of ether oxygens (including phenoxy) is 1. The van der Waals surface area contributed by atoms with Gasteiger partial charge in [0.05, 0.1) is 0 Å². The molecule has 0 radical (unpaired) electrons. The van der Waals surface area contributed by atoms with Crippen LogP contribution >= 0.6 is 0 Å². The molecule has 3 aromatic rings. The van der Waals surface area contributed by atoms with Crippen molar-refractivity contribution in [2.24, 2.45) is 0 Å². The van der Waals surface area contributed by atoms with Crippen LogP contribution in [0, 0.1) is 0 Å². The number of carbonyl (C=O) groups is 1. The number of amides is 1. The van der Waals surface area contributed by atoms with E-state index in [4.69, 9.17) is 4.74 Å². The van der Waals surface area contributed by atoms with Crippen molar-refractivity contribution < 1.29 is 22.7 Å². The maximum Gasteiger partial charge on any atom is 0.451 e. The highest BCUT2D eigenvalue weighted by Gasteiger charge is 2.35. The van der Waals surface area contributed by atoms with Crippen LogP contribution in [0.1, 0.15) is 16.2 Å². The van der Waals surface area contributed by atoms with E-state index < -0.39 is 23.9 Å². The minimum atomic E-state index is -4.67. The first-order valence-corrected chi connectivity index (χ1v) is 7.06. The fourth-order valence-electron chi connectivity index (χ4n) is 1.94. The van der Waals surface area contributed by atoms with Gasteiger partial charge in [-0.1, -0.05) is 24.3 Å². The lowest BCUT2D eigenvalue weighted by Gasteiger charge is -2.07. The monoisotopic (exact) mass is 348 g/mol. The highest BCUT2D eigenvalue weighted by atomic mass is 19.4. The second kappa shape index (κ2) is 6.63. The quantitative estimate of drug-likeness (QED) is 0.750. The minimum absolute atomic E-state index is 0.187. The van der Waals surface area contributed by atoms with Crippen LogP contribution in [0.15, 0.2) is 54.6 Å². The van der Waals surface area contributed by atoms with Gasteiger partial charge in [0.1, 0.15) is 11.5 Å². The molecule has 0 bridgehead atoms. The molecule has 0 aliphatic carbocycles. The zero-order valence-electron chi connectivity index (χ0n) is 12.5. The number of hydrogen-bond acceptors (Lipinski definition) is 4. The number of halogens is 3. The Labute approximate surface area is 139 Å². The van der Waals surface area contributed by atoms with Crippen LogP contribution in [0.3, 0.4) is 0 Å². The molecule has 1 aromatic heterocycles. The van der Waals surface area contributed by atoms with Crippen LogP contribution in [0.2, 0.25) is 0 Å². The van der Waals surface area contributed by atoms with E-state index in [1.807, 2.05) is 6.07 Å². The van der Waals surface area contributed by atoms with Crippen molar-refractivity contribution >= 4 is 11.9 Å². The zero-order valence-corrected chi connectivity index (χ0v) is 12.5. The van der Waals surface area contributed by atoms with Crippen LogP contribution < -0.4 is 10.1 Å². The number of para-hydroxylation sites is 1. The molecule has 2 N–H and O–H groups in total. The second-order valence-corrected chi connectivity index (χ2v) is 4.90. The third kappa shape index (κ3) is 4.14. The van der Waals surface area contributed by atoms with Crippen molar-refractivity contribution in [1.82, 2.24) is 15.2 Å². The smallest absolute Gasteiger partial charge is 0.451 e. The Morgan fingerprint density at radius 3 is 2.44 bits per heavy atom. The SMILES string of the molecule is O=C(Nc1n[nH]c(C(F)(F)F)n1)c1cccc(Oc2ccccc2)c1. The molecule has 0 aliphatic rings. The van der Waals surface area contributed by atoms with Crippen molar-refractivity contribution in [2.45, 2.75) is 6.18 Å². The first-order chi connectivity index (χ1) is 11.9. The molecule has 0 fully saturated rings. The molecule has 2 aromatic carbocycles. The summed E-state index contributed by atoms with van der Waals surface area (Å²) in [6.45, 7) is 0. The summed E-state index contributed by atoms with van der Waals surface area (Å²) < 4.78 is 43.0. The van der Waals surface area contributed by atoms with E-state index >= 15 is 0 Å². The van der Waals surface area contributed by atoms with E-state index in [0.29, 0.717) is 11.5 Å². The molecule has 25 heavy (non-hydrogen) atoms. The van der Waals surface area contributed by atoms with Crippen LogP contribution in [0.5, 0.6) is 11.5 Å². The Balaban J connectivity index is 1.72. The van der Waals surface area contributed by atoms with Gasteiger partial charge in [-0.15, -0.1) is 5.10 Å². The average molecular weight is 348 g/mol. The summed E-state index contributed by atoms with van der Waals surface area (Å²) in [5, 5.41) is 7.23. The Morgan fingerprint density at radius 2 is 1.76 bits per heavy atom. The summed E-state index contributed by atoms with van der Waals surface area (Å²) in [6, 6.07) is 15.1. The van der Waals surface area contributed by atoms with Gasteiger partial charge in [-0.2, -0.15) is 18.2 Å². The molecule has 1 heterocycles. The van der Waals surface area contributed by atoms with Crippen LogP contribution in [0.4, 0.5) is 19.1 Å². The van der Waals surface area contributed by atoms with Gasteiger partial charge in [0.15, 0.2) is 0 Å². The van der Waals surface area contributed by atoms with E-state index in [1.54, 1.807) is 41.5 Å². The highest BCUT2D eigenvalue weighted by molar-refractivity contribution is 6.03. The molecule has 0 spiro atoms. The third-order valence-electron chi connectivity index (χ3n) is 3.05. The summed E-state index contributed by atoms with van der Waals surface area (Å²) in [5.74, 6) is -1.42. The first kappa shape index (κ1) is 16.5. The molecular formula is C16H11F3N4O2. The largest absolute Gasteiger partial charge is 0.457 e. The third-order valence-corrected chi connectivity index (χ3v) is 3.05. The molecule has 0 aliphatic heterocycles. The molecule has 9 heteroatoms. The summed E-state index contributed by atoms with van der Waals surface area (Å²) in [4.78, 5) is 15.3. The van der Waals surface area contributed by atoms with E-state index in [1.165, 1.54) is 12.1 Å². The number of carbonyl (C=O) groups excluding carboxylic acids is 1. The van der Waals surface area contributed by atoms with Crippen LogP contribution in [0.25, 0.3) is 0 Å². The fourth-order valence-corrected chi connectivity index (χ4v) is 1.94. The number of aromatic nitrogens is 3. The number of hydrogen-bond donors (Lipinski definition) is 2. The van der Waals surface area contributed by atoms with E-state index in [9.17, 15) is 18.0 Å². The normalized spacial score (nSPS) is 11.2. The molecule has 0 atom stereocenters. The number of nitrogens with zero attached hydrogens (tertiary/aromatic N) is 2. The van der Waals surface area contributed by atoms with Gasteiger partial charge in [0.2, 0.25) is 11.8 Å². The van der Waals surface area contributed by atoms with Crippen LogP contribution in [-0.4, -0.2) is 21.1 Å². The van der Waals surface area contributed by atoms with Crippen molar-refractivity contribution in [2.75, 3.05) is 5.32 Å². The predicted octanol–water partition coefficient (Wildman–Crippen LogP) is 3.87. The number of nitrogens with one attached hydrogen (secondary N) is 2. The van der Waals surface area contributed by atoms with Gasteiger partial charge in [-0.05, 0) is 30.3 Å². The topological polar surface area (TPSA) is 79.9 Å². The van der Waals surface area contributed by atoms with Gasteiger partial charge in [0, 0.05) is 5.56 Å². The highest BCUT2D eigenvalue weighted by Crippen LogP contribution is 2.26. The minimum Gasteiger partial charge on any atom is -0.457 e. The van der Waals surface area contributed by atoms with Crippen molar-refractivity contribution in [1.29, 1.82) is 0 Å². The van der Waals surface area contributed by atoms with Gasteiger partial charge in [-0.25, -0.2) is 0 Å². The summed E-state index contributed by atoms with van der Waals surface area (Å²) in [5.41, 5.74) is 0.187. The molecule has 128 valence electrons.